The third-order valence-corrected chi connectivity index (χ3v) is 3.83. The first kappa shape index (κ1) is 13.2. The van der Waals surface area contributed by atoms with E-state index in [0.29, 0.717) is 5.92 Å². The number of nitrogens with zero attached hydrogens (tertiary/aromatic N) is 2. The van der Waals surface area contributed by atoms with Gasteiger partial charge in [0.05, 0.1) is 12.3 Å². The molecule has 0 aliphatic carbocycles. The molecule has 0 spiro atoms. The summed E-state index contributed by atoms with van der Waals surface area (Å²) < 4.78 is 7.60. The van der Waals surface area contributed by atoms with Gasteiger partial charge in [-0.15, -0.1) is 0 Å². The minimum Gasteiger partial charge on any atom is -0.493 e. The highest BCUT2D eigenvalue weighted by atomic mass is 16.5. The van der Waals surface area contributed by atoms with E-state index in [-0.39, 0.29) is 0 Å². The minimum absolute atomic E-state index is 0.452. The smallest absolute Gasteiger partial charge is 0.122 e. The van der Waals surface area contributed by atoms with E-state index in [1.54, 1.807) is 0 Å². The number of benzene rings is 1. The highest BCUT2D eigenvalue weighted by Crippen LogP contribution is 2.32. The summed E-state index contributed by atoms with van der Waals surface area (Å²) in [7, 11) is 1.98. The normalized spacial score (nSPS) is 17.0. The van der Waals surface area contributed by atoms with Crippen molar-refractivity contribution in [2.24, 2.45) is 7.05 Å². The molecule has 3 rings (SSSR count). The van der Waals surface area contributed by atoms with Gasteiger partial charge in [0.25, 0.3) is 0 Å². The first-order valence-electron chi connectivity index (χ1n) is 7.21. The summed E-state index contributed by atoms with van der Waals surface area (Å²) in [4.78, 5) is 0. The maximum absolute atomic E-state index is 5.71. The molecule has 0 amide bonds. The molecule has 2 heterocycles. The Labute approximate surface area is 119 Å². The van der Waals surface area contributed by atoms with Gasteiger partial charge >= 0.3 is 0 Å². The highest BCUT2D eigenvalue weighted by molar-refractivity contribution is 5.39. The van der Waals surface area contributed by atoms with Crippen molar-refractivity contribution < 1.29 is 4.74 Å². The molecule has 2 aromatic rings. The molecule has 1 aliphatic rings. The zero-order valence-corrected chi connectivity index (χ0v) is 12.1. The van der Waals surface area contributed by atoms with E-state index in [0.717, 1.165) is 31.9 Å². The van der Waals surface area contributed by atoms with E-state index in [9.17, 15) is 0 Å². The van der Waals surface area contributed by atoms with Crippen LogP contribution in [0.2, 0.25) is 0 Å². The predicted octanol–water partition coefficient (Wildman–Crippen LogP) is 2.25. The molecule has 1 N–H and O–H groups in total. The molecule has 0 saturated heterocycles. The Morgan fingerprint density at radius 1 is 1.40 bits per heavy atom. The fraction of sp³-hybridized carbons (Fsp3) is 0.438. The number of fused-ring (bicyclic) bond motifs is 1. The Kier molecular flexibility index (Phi) is 3.74. The second-order valence-electron chi connectivity index (χ2n) is 5.30. The summed E-state index contributed by atoms with van der Waals surface area (Å²) >= 11 is 0. The van der Waals surface area contributed by atoms with Crippen LogP contribution in [0.1, 0.15) is 29.7 Å². The molecule has 1 aromatic carbocycles. The van der Waals surface area contributed by atoms with Crippen molar-refractivity contribution in [1.82, 2.24) is 15.1 Å². The van der Waals surface area contributed by atoms with Crippen LogP contribution in [0.15, 0.2) is 30.5 Å². The van der Waals surface area contributed by atoms with Crippen molar-refractivity contribution in [3.05, 3.63) is 47.3 Å². The molecule has 4 heteroatoms. The molecule has 1 atom stereocenters. The van der Waals surface area contributed by atoms with Crippen molar-refractivity contribution in [1.29, 1.82) is 0 Å². The third-order valence-electron chi connectivity index (χ3n) is 3.83. The molecule has 0 radical (unpaired) electrons. The van der Waals surface area contributed by atoms with Gasteiger partial charge in [-0.05, 0) is 12.5 Å². The van der Waals surface area contributed by atoms with E-state index in [1.807, 2.05) is 23.9 Å². The number of ether oxygens (including phenoxy) is 1. The fourth-order valence-corrected chi connectivity index (χ4v) is 2.81. The first-order valence-corrected chi connectivity index (χ1v) is 7.21. The van der Waals surface area contributed by atoms with Crippen LogP contribution in [0.25, 0.3) is 0 Å². The number of nitrogens with one attached hydrogen (secondary N) is 1. The van der Waals surface area contributed by atoms with Crippen LogP contribution < -0.4 is 10.1 Å². The lowest BCUT2D eigenvalue weighted by Crippen LogP contribution is -2.22. The number of hydrogen-bond donors (Lipinski definition) is 1. The molecule has 0 saturated carbocycles. The Bertz CT molecular complexity index is 591. The first-order chi connectivity index (χ1) is 9.78. The molecule has 1 aliphatic heterocycles. The van der Waals surface area contributed by atoms with E-state index in [4.69, 9.17) is 4.74 Å². The summed E-state index contributed by atoms with van der Waals surface area (Å²) in [5.41, 5.74) is 3.80. The maximum atomic E-state index is 5.71. The van der Waals surface area contributed by atoms with Crippen LogP contribution in [-0.4, -0.2) is 22.9 Å². The largest absolute Gasteiger partial charge is 0.493 e. The maximum Gasteiger partial charge on any atom is 0.122 e. The van der Waals surface area contributed by atoms with Crippen LogP contribution in [0.5, 0.6) is 5.75 Å². The van der Waals surface area contributed by atoms with Gasteiger partial charge in [-0.25, -0.2) is 0 Å². The molecular weight excluding hydrogens is 250 g/mol. The second kappa shape index (κ2) is 5.67. The number of rotatable bonds is 5. The molecule has 4 nitrogen and oxygen atoms in total. The van der Waals surface area contributed by atoms with Gasteiger partial charge in [0.15, 0.2) is 0 Å². The van der Waals surface area contributed by atoms with Crippen LogP contribution >= 0.6 is 0 Å². The van der Waals surface area contributed by atoms with E-state index >= 15 is 0 Å². The van der Waals surface area contributed by atoms with Crippen LogP contribution in [-0.2, 0) is 20.0 Å². The zero-order valence-electron chi connectivity index (χ0n) is 12.1. The number of aromatic nitrogens is 2. The summed E-state index contributed by atoms with van der Waals surface area (Å²) in [6.45, 7) is 4.73. The molecule has 1 aromatic heterocycles. The van der Waals surface area contributed by atoms with Crippen LogP contribution in [0.4, 0.5) is 0 Å². The zero-order chi connectivity index (χ0) is 13.9. The van der Waals surface area contributed by atoms with Gasteiger partial charge in [0.1, 0.15) is 5.75 Å². The predicted molar refractivity (Wildman–Crippen MR) is 79.0 cm³/mol. The molecule has 20 heavy (non-hydrogen) atoms. The van der Waals surface area contributed by atoms with Gasteiger partial charge in [0, 0.05) is 43.4 Å². The fourth-order valence-electron chi connectivity index (χ4n) is 2.81. The number of hydrogen-bond acceptors (Lipinski definition) is 3. The monoisotopic (exact) mass is 271 g/mol. The Hall–Kier alpha value is -1.81. The summed E-state index contributed by atoms with van der Waals surface area (Å²) in [6.07, 6.45) is 3.08. The number of para-hydroxylation sites is 1. The summed E-state index contributed by atoms with van der Waals surface area (Å²) in [5, 5.41) is 8.01. The van der Waals surface area contributed by atoms with Crippen molar-refractivity contribution in [3.8, 4) is 5.75 Å². The average molecular weight is 271 g/mol. The number of aryl methyl sites for hydroxylation is 2. The van der Waals surface area contributed by atoms with Crippen LogP contribution in [0.3, 0.4) is 0 Å². The lowest BCUT2D eigenvalue weighted by Gasteiger charge is -2.10. The minimum atomic E-state index is 0.452. The standard InChI is InChI=1S/C16H21N3O/c1-3-15-12(10-19(2)18-15)8-17-9-13-11-20-16-7-5-4-6-14(13)16/h4-7,10,13,17H,3,8-9,11H2,1-2H3. The lowest BCUT2D eigenvalue weighted by atomic mass is 10.0. The molecule has 0 fully saturated rings. The SMILES string of the molecule is CCc1nn(C)cc1CNCC1COc2ccccc21. The highest BCUT2D eigenvalue weighted by Gasteiger charge is 2.23. The average Bonchev–Trinajstić information content (AvgIpc) is 3.03. The third kappa shape index (κ3) is 2.56. The molecule has 0 bridgehead atoms. The van der Waals surface area contributed by atoms with Crippen molar-refractivity contribution >= 4 is 0 Å². The summed E-state index contributed by atoms with van der Waals surface area (Å²) in [6, 6.07) is 8.32. The molecule has 1 unspecified atom stereocenters. The van der Waals surface area contributed by atoms with E-state index in [2.05, 4.69) is 35.7 Å². The quantitative estimate of drug-likeness (QED) is 0.906. The van der Waals surface area contributed by atoms with E-state index in [1.165, 1.54) is 16.8 Å². The van der Waals surface area contributed by atoms with Gasteiger partial charge < -0.3 is 10.1 Å². The molecule has 106 valence electrons. The lowest BCUT2D eigenvalue weighted by molar-refractivity contribution is 0.326. The van der Waals surface area contributed by atoms with Crippen molar-refractivity contribution in [3.63, 3.8) is 0 Å². The topological polar surface area (TPSA) is 39.1 Å². The Balaban J connectivity index is 1.58. The Morgan fingerprint density at radius 2 is 2.25 bits per heavy atom. The van der Waals surface area contributed by atoms with Crippen molar-refractivity contribution in [2.45, 2.75) is 25.8 Å². The summed E-state index contributed by atoms with van der Waals surface area (Å²) in [5.74, 6) is 1.49. The van der Waals surface area contributed by atoms with Gasteiger partial charge in [-0.1, -0.05) is 25.1 Å². The van der Waals surface area contributed by atoms with Crippen molar-refractivity contribution in [2.75, 3.05) is 13.2 Å². The van der Waals surface area contributed by atoms with Crippen LogP contribution in [0, 0.1) is 0 Å². The van der Waals surface area contributed by atoms with Gasteiger partial charge in [-0.2, -0.15) is 5.10 Å². The molecular formula is C16H21N3O. The second-order valence-corrected chi connectivity index (χ2v) is 5.30. The van der Waals surface area contributed by atoms with Gasteiger partial charge in [0.2, 0.25) is 0 Å². The van der Waals surface area contributed by atoms with Gasteiger partial charge in [-0.3, -0.25) is 4.68 Å². The van der Waals surface area contributed by atoms with E-state index < -0.39 is 0 Å². The Morgan fingerprint density at radius 3 is 3.10 bits per heavy atom.